The van der Waals surface area contributed by atoms with Crippen molar-refractivity contribution in [3.8, 4) is 5.75 Å². The van der Waals surface area contributed by atoms with Crippen molar-refractivity contribution in [1.29, 1.82) is 0 Å². The van der Waals surface area contributed by atoms with Crippen LogP contribution in [-0.4, -0.2) is 38.7 Å². The molecule has 0 aromatic heterocycles. The highest BCUT2D eigenvalue weighted by atomic mass is 16.5. The first-order valence-corrected chi connectivity index (χ1v) is 6.15. The molecule has 4 nitrogen and oxygen atoms in total. The standard InChI is InChI=1S/C14H19NO3/c1-9-6-10(2)14(17-3)11(7-9)13(16)12-8-15-4-5-18-12/h6-7,12,15H,4-5,8H2,1-3H3. The van der Waals surface area contributed by atoms with Gasteiger partial charge in [-0.05, 0) is 31.0 Å². The Bertz CT molecular complexity index is 451. The normalized spacial score (nSPS) is 19.6. The Labute approximate surface area is 107 Å². The van der Waals surface area contributed by atoms with Crippen LogP contribution in [0.1, 0.15) is 21.5 Å². The first-order chi connectivity index (χ1) is 8.63. The van der Waals surface area contributed by atoms with E-state index in [1.165, 1.54) is 0 Å². The minimum Gasteiger partial charge on any atom is -0.496 e. The number of nitrogens with one attached hydrogen (secondary N) is 1. The molecule has 1 N–H and O–H groups in total. The largest absolute Gasteiger partial charge is 0.496 e. The topological polar surface area (TPSA) is 47.6 Å². The van der Waals surface area contributed by atoms with Crippen molar-refractivity contribution in [2.45, 2.75) is 20.0 Å². The highest BCUT2D eigenvalue weighted by Gasteiger charge is 2.26. The molecule has 98 valence electrons. The van der Waals surface area contributed by atoms with Crippen molar-refractivity contribution < 1.29 is 14.3 Å². The summed E-state index contributed by atoms with van der Waals surface area (Å²) >= 11 is 0. The average molecular weight is 249 g/mol. The van der Waals surface area contributed by atoms with E-state index in [-0.39, 0.29) is 5.78 Å². The van der Waals surface area contributed by atoms with Gasteiger partial charge in [0.15, 0.2) is 5.78 Å². The van der Waals surface area contributed by atoms with Gasteiger partial charge in [0, 0.05) is 13.1 Å². The molecule has 1 aliphatic heterocycles. The zero-order valence-corrected chi connectivity index (χ0v) is 11.1. The van der Waals surface area contributed by atoms with E-state index in [4.69, 9.17) is 9.47 Å². The number of carbonyl (C=O) groups is 1. The number of hydrogen-bond acceptors (Lipinski definition) is 4. The summed E-state index contributed by atoms with van der Waals surface area (Å²) in [7, 11) is 1.59. The van der Waals surface area contributed by atoms with Crippen molar-refractivity contribution >= 4 is 5.78 Å². The van der Waals surface area contributed by atoms with E-state index in [1.54, 1.807) is 7.11 Å². The van der Waals surface area contributed by atoms with Crippen LogP contribution in [0.2, 0.25) is 0 Å². The third-order valence-corrected chi connectivity index (χ3v) is 3.11. The molecule has 1 atom stereocenters. The predicted octanol–water partition coefficient (Wildman–Crippen LogP) is 1.48. The fourth-order valence-electron chi connectivity index (χ4n) is 2.32. The second-order valence-electron chi connectivity index (χ2n) is 4.59. The Hall–Kier alpha value is -1.39. The van der Waals surface area contributed by atoms with Gasteiger partial charge < -0.3 is 14.8 Å². The summed E-state index contributed by atoms with van der Waals surface area (Å²) in [6.07, 6.45) is -0.408. The Morgan fingerprint density at radius 3 is 2.83 bits per heavy atom. The van der Waals surface area contributed by atoms with Crippen molar-refractivity contribution in [3.63, 3.8) is 0 Å². The molecule has 0 radical (unpaired) electrons. The van der Waals surface area contributed by atoms with E-state index < -0.39 is 6.10 Å². The maximum atomic E-state index is 12.4. The summed E-state index contributed by atoms with van der Waals surface area (Å²) in [5, 5.41) is 3.17. The number of carbonyl (C=O) groups excluding carboxylic acids is 1. The summed E-state index contributed by atoms with van der Waals surface area (Å²) < 4.78 is 10.9. The van der Waals surface area contributed by atoms with Crippen molar-refractivity contribution in [1.82, 2.24) is 5.32 Å². The Morgan fingerprint density at radius 2 is 2.22 bits per heavy atom. The van der Waals surface area contributed by atoms with Gasteiger partial charge in [-0.3, -0.25) is 4.79 Å². The lowest BCUT2D eigenvalue weighted by Gasteiger charge is -2.23. The van der Waals surface area contributed by atoms with Gasteiger partial charge in [0.25, 0.3) is 0 Å². The van der Waals surface area contributed by atoms with Crippen LogP contribution in [0, 0.1) is 13.8 Å². The maximum absolute atomic E-state index is 12.4. The number of Topliss-reactive ketones (excluding diaryl/α,β-unsaturated/α-hetero) is 1. The number of benzene rings is 1. The summed E-state index contributed by atoms with van der Waals surface area (Å²) in [5.74, 6) is 0.644. The molecule has 1 saturated heterocycles. The molecular weight excluding hydrogens is 230 g/mol. The average Bonchev–Trinajstić information content (AvgIpc) is 2.38. The van der Waals surface area contributed by atoms with Gasteiger partial charge in [0.2, 0.25) is 0 Å². The molecule has 0 spiro atoms. The lowest BCUT2D eigenvalue weighted by molar-refractivity contribution is 0.0267. The SMILES string of the molecule is COc1c(C)cc(C)cc1C(=O)C1CNCCO1. The maximum Gasteiger partial charge on any atom is 0.196 e. The molecule has 1 heterocycles. The molecule has 1 aromatic rings. The molecule has 4 heteroatoms. The van der Waals surface area contributed by atoms with E-state index in [1.807, 2.05) is 26.0 Å². The molecular formula is C14H19NO3. The second-order valence-corrected chi connectivity index (χ2v) is 4.59. The fourth-order valence-corrected chi connectivity index (χ4v) is 2.32. The van der Waals surface area contributed by atoms with Crippen molar-refractivity contribution in [2.24, 2.45) is 0 Å². The lowest BCUT2D eigenvalue weighted by Crippen LogP contribution is -2.43. The van der Waals surface area contributed by atoms with Crippen LogP contribution in [0.5, 0.6) is 5.75 Å². The van der Waals surface area contributed by atoms with Crippen molar-refractivity contribution in [2.75, 3.05) is 26.8 Å². The number of hydrogen-bond donors (Lipinski definition) is 1. The van der Waals surface area contributed by atoms with Gasteiger partial charge in [-0.1, -0.05) is 6.07 Å². The number of morpholine rings is 1. The summed E-state index contributed by atoms with van der Waals surface area (Å²) in [4.78, 5) is 12.4. The monoisotopic (exact) mass is 249 g/mol. The molecule has 1 aliphatic rings. The van der Waals surface area contributed by atoms with Gasteiger partial charge in [0.05, 0.1) is 19.3 Å². The summed E-state index contributed by atoms with van der Waals surface area (Å²) in [5.41, 5.74) is 2.65. The first kappa shape index (κ1) is 13.1. The Morgan fingerprint density at radius 1 is 1.44 bits per heavy atom. The number of ketones is 1. The molecule has 1 fully saturated rings. The van der Waals surface area contributed by atoms with Crippen LogP contribution in [0.15, 0.2) is 12.1 Å². The van der Waals surface area contributed by atoms with Gasteiger partial charge in [-0.2, -0.15) is 0 Å². The smallest absolute Gasteiger partial charge is 0.196 e. The molecule has 0 bridgehead atoms. The van der Waals surface area contributed by atoms with Crippen LogP contribution in [0.25, 0.3) is 0 Å². The van der Waals surface area contributed by atoms with E-state index in [2.05, 4.69) is 5.32 Å². The van der Waals surface area contributed by atoms with Gasteiger partial charge >= 0.3 is 0 Å². The Balaban J connectivity index is 2.33. The van der Waals surface area contributed by atoms with E-state index >= 15 is 0 Å². The highest BCUT2D eigenvalue weighted by molar-refractivity contribution is 6.02. The number of ether oxygens (including phenoxy) is 2. The predicted molar refractivity (Wildman–Crippen MR) is 69.4 cm³/mol. The second kappa shape index (κ2) is 5.50. The molecule has 0 aliphatic carbocycles. The molecule has 0 saturated carbocycles. The quantitative estimate of drug-likeness (QED) is 0.824. The molecule has 2 rings (SSSR count). The minimum absolute atomic E-state index is 0.00847. The first-order valence-electron chi connectivity index (χ1n) is 6.15. The number of methoxy groups -OCH3 is 1. The third kappa shape index (κ3) is 2.54. The lowest BCUT2D eigenvalue weighted by atomic mass is 9.99. The van der Waals surface area contributed by atoms with Gasteiger partial charge in [-0.15, -0.1) is 0 Å². The molecule has 0 amide bonds. The molecule has 18 heavy (non-hydrogen) atoms. The van der Waals surface area contributed by atoms with E-state index in [0.717, 1.165) is 17.7 Å². The van der Waals surface area contributed by atoms with Crippen LogP contribution in [0.3, 0.4) is 0 Å². The summed E-state index contributed by atoms with van der Waals surface area (Å²) in [6, 6.07) is 3.88. The van der Waals surface area contributed by atoms with Crippen LogP contribution in [0.4, 0.5) is 0 Å². The van der Waals surface area contributed by atoms with Crippen molar-refractivity contribution in [3.05, 3.63) is 28.8 Å². The zero-order valence-electron chi connectivity index (χ0n) is 11.1. The molecule has 1 aromatic carbocycles. The number of rotatable bonds is 3. The van der Waals surface area contributed by atoms with Crippen LogP contribution >= 0.6 is 0 Å². The van der Waals surface area contributed by atoms with E-state index in [0.29, 0.717) is 24.5 Å². The van der Waals surface area contributed by atoms with Crippen LogP contribution < -0.4 is 10.1 Å². The third-order valence-electron chi connectivity index (χ3n) is 3.11. The van der Waals surface area contributed by atoms with Crippen LogP contribution in [-0.2, 0) is 4.74 Å². The minimum atomic E-state index is -0.408. The highest BCUT2D eigenvalue weighted by Crippen LogP contribution is 2.26. The molecule has 1 unspecified atom stereocenters. The van der Waals surface area contributed by atoms with Gasteiger partial charge in [0.1, 0.15) is 11.9 Å². The zero-order chi connectivity index (χ0) is 13.1. The van der Waals surface area contributed by atoms with Gasteiger partial charge in [-0.25, -0.2) is 0 Å². The fraction of sp³-hybridized carbons (Fsp3) is 0.500. The Kier molecular flexibility index (Phi) is 3.99. The number of aryl methyl sites for hydroxylation is 2. The summed E-state index contributed by atoms with van der Waals surface area (Å²) in [6.45, 7) is 5.86. The van der Waals surface area contributed by atoms with E-state index in [9.17, 15) is 4.79 Å².